The number of alkyl halides is 2. The highest BCUT2D eigenvalue weighted by atomic mass is 79.9. The zero-order valence-electron chi connectivity index (χ0n) is 4.23. The minimum Gasteiger partial charge on any atom is -0.298 e. The first kappa shape index (κ1) is 6.20. The number of carbonyl (C=O) groups is 1. The van der Waals surface area contributed by atoms with Crippen molar-refractivity contribution in [3.8, 4) is 0 Å². The molecule has 2 atom stereocenters. The molecule has 0 amide bonds. The van der Waals surface area contributed by atoms with Gasteiger partial charge in [-0.25, -0.2) is 4.39 Å². The number of hydrogen-bond acceptors (Lipinski definition) is 1. The van der Waals surface area contributed by atoms with E-state index < -0.39 is 6.17 Å². The van der Waals surface area contributed by atoms with E-state index in [9.17, 15) is 9.18 Å². The maximum atomic E-state index is 12.0. The van der Waals surface area contributed by atoms with Crippen LogP contribution in [0.4, 0.5) is 4.39 Å². The summed E-state index contributed by atoms with van der Waals surface area (Å²) in [7, 11) is 0. The van der Waals surface area contributed by atoms with Crippen molar-refractivity contribution in [2.45, 2.75) is 12.6 Å². The van der Waals surface area contributed by atoms with E-state index >= 15 is 0 Å². The second-order valence-electron chi connectivity index (χ2n) is 1.96. The highest BCUT2D eigenvalue weighted by Gasteiger charge is 2.42. The van der Waals surface area contributed by atoms with Gasteiger partial charge in [0.25, 0.3) is 0 Å². The normalized spacial score (nSPS) is 34.8. The van der Waals surface area contributed by atoms with Crippen LogP contribution < -0.4 is 0 Å². The average molecular weight is 181 g/mol. The molecule has 0 spiro atoms. The molecule has 0 bridgehead atoms. The Hall–Kier alpha value is 0.0800. The van der Waals surface area contributed by atoms with Crippen LogP contribution in [0.5, 0.6) is 0 Å². The summed E-state index contributed by atoms with van der Waals surface area (Å²) >= 11 is 2.97. The van der Waals surface area contributed by atoms with Crippen LogP contribution in [0.2, 0.25) is 0 Å². The van der Waals surface area contributed by atoms with Gasteiger partial charge in [-0.3, -0.25) is 4.79 Å². The van der Waals surface area contributed by atoms with Gasteiger partial charge in [0.15, 0.2) is 0 Å². The van der Waals surface area contributed by atoms with Crippen molar-refractivity contribution >= 4 is 21.7 Å². The summed E-state index contributed by atoms with van der Waals surface area (Å²) in [5.74, 6) is -0.271. The molecule has 0 heterocycles. The molecule has 8 heavy (non-hydrogen) atoms. The molecule has 46 valence electrons. The minimum atomic E-state index is -0.833. The largest absolute Gasteiger partial charge is 0.298 e. The van der Waals surface area contributed by atoms with Crippen LogP contribution in [-0.4, -0.2) is 17.3 Å². The molecular weight excluding hydrogens is 175 g/mol. The van der Waals surface area contributed by atoms with Gasteiger partial charge < -0.3 is 0 Å². The van der Waals surface area contributed by atoms with Gasteiger partial charge in [0, 0.05) is 0 Å². The summed E-state index contributed by atoms with van der Waals surface area (Å²) in [6, 6.07) is 0. The zero-order chi connectivity index (χ0) is 6.15. The van der Waals surface area contributed by atoms with E-state index in [1.807, 2.05) is 0 Å². The maximum Gasteiger partial charge on any atom is 0.149 e. The van der Waals surface area contributed by atoms with Crippen LogP contribution in [0.15, 0.2) is 0 Å². The van der Waals surface area contributed by atoms with E-state index in [1.54, 1.807) is 0 Å². The lowest BCUT2D eigenvalue weighted by Gasteiger charge is -1.84. The predicted molar refractivity (Wildman–Crippen MR) is 31.8 cm³/mol. The zero-order valence-corrected chi connectivity index (χ0v) is 5.82. The summed E-state index contributed by atoms with van der Waals surface area (Å²) in [5.41, 5.74) is 0. The molecule has 1 aliphatic rings. The molecule has 0 saturated heterocycles. The van der Waals surface area contributed by atoms with E-state index in [1.165, 1.54) is 0 Å². The van der Waals surface area contributed by atoms with Crippen LogP contribution in [-0.2, 0) is 4.79 Å². The molecule has 1 aliphatic carbocycles. The Labute approximate surface area is 55.4 Å². The molecule has 1 fully saturated rings. The highest BCUT2D eigenvalue weighted by molar-refractivity contribution is 9.09. The fraction of sp³-hybridized carbons (Fsp3) is 0.800. The van der Waals surface area contributed by atoms with Crippen LogP contribution in [0, 0.1) is 5.92 Å². The molecule has 0 radical (unpaired) electrons. The van der Waals surface area contributed by atoms with Gasteiger partial charge in [-0.2, -0.15) is 0 Å². The average Bonchev–Trinajstić information content (AvgIpc) is 2.45. The number of halogens is 2. The van der Waals surface area contributed by atoms with Gasteiger partial charge in [0.1, 0.15) is 12.0 Å². The summed E-state index contributed by atoms with van der Waals surface area (Å²) in [6.45, 7) is 0. The predicted octanol–water partition coefficient (Wildman–Crippen LogP) is 1.31. The molecule has 1 nitrogen and oxygen atoms in total. The van der Waals surface area contributed by atoms with Crippen LogP contribution in [0.1, 0.15) is 6.42 Å². The van der Waals surface area contributed by atoms with Crippen LogP contribution >= 0.6 is 15.9 Å². The standard InChI is InChI=1S/C5H6BrFO/c6-2-5(8)3-1-4(3)7/h3-4H,1-2H2/t3-,4-/m0/s1. The van der Waals surface area contributed by atoms with Gasteiger partial charge in [-0.05, 0) is 6.42 Å². The van der Waals surface area contributed by atoms with Gasteiger partial charge in [0.05, 0.1) is 11.2 Å². The van der Waals surface area contributed by atoms with Gasteiger partial charge in [0.2, 0.25) is 0 Å². The van der Waals surface area contributed by atoms with Crippen molar-refractivity contribution in [2.75, 3.05) is 5.33 Å². The molecule has 1 saturated carbocycles. The third kappa shape index (κ3) is 1.08. The van der Waals surface area contributed by atoms with E-state index in [0.29, 0.717) is 11.8 Å². The molecule has 3 heteroatoms. The maximum absolute atomic E-state index is 12.0. The smallest absolute Gasteiger partial charge is 0.149 e. The molecule has 0 N–H and O–H groups in total. The molecule has 0 aromatic carbocycles. The van der Waals surface area contributed by atoms with Crippen molar-refractivity contribution in [1.29, 1.82) is 0 Å². The topological polar surface area (TPSA) is 17.1 Å². The first-order chi connectivity index (χ1) is 3.75. The first-order valence-electron chi connectivity index (χ1n) is 2.48. The van der Waals surface area contributed by atoms with E-state index in [-0.39, 0.29) is 11.7 Å². The molecule has 0 aromatic rings. The molecule has 0 unspecified atom stereocenters. The van der Waals surface area contributed by atoms with Crippen LogP contribution in [0.25, 0.3) is 0 Å². The number of rotatable bonds is 2. The molecule has 0 aromatic heterocycles. The fourth-order valence-electron chi connectivity index (χ4n) is 0.596. The lowest BCUT2D eigenvalue weighted by Crippen LogP contribution is -2.02. The summed E-state index contributed by atoms with van der Waals surface area (Å²) in [5, 5.41) is 0.304. The van der Waals surface area contributed by atoms with Crippen molar-refractivity contribution in [3.05, 3.63) is 0 Å². The summed E-state index contributed by atoms with van der Waals surface area (Å²) in [6.07, 6.45) is -0.384. The van der Waals surface area contributed by atoms with E-state index in [2.05, 4.69) is 15.9 Å². The first-order valence-corrected chi connectivity index (χ1v) is 3.60. The van der Waals surface area contributed by atoms with E-state index in [4.69, 9.17) is 0 Å². The highest BCUT2D eigenvalue weighted by Crippen LogP contribution is 2.34. The molecule has 0 aliphatic heterocycles. The van der Waals surface area contributed by atoms with Gasteiger partial charge in [-0.15, -0.1) is 0 Å². The summed E-state index contributed by atoms with van der Waals surface area (Å²) in [4.78, 5) is 10.5. The Morgan fingerprint density at radius 3 is 2.50 bits per heavy atom. The number of hydrogen-bond donors (Lipinski definition) is 0. The van der Waals surface area contributed by atoms with Crippen molar-refractivity contribution in [1.82, 2.24) is 0 Å². The number of ketones is 1. The minimum absolute atomic E-state index is 0.00231. The Bertz CT molecular complexity index is 115. The van der Waals surface area contributed by atoms with Gasteiger partial charge >= 0.3 is 0 Å². The Kier molecular flexibility index (Phi) is 1.65. The molecule has 1 rings (SSSR count). The fourth-order valence-corrected chi connectivity index (χ4v) is 1.01. The lowest BCUT2D eigenvalue weighted by molar-refractivity contribution is -0.118. The Morgan fingerprint density at radius 1 is 1.88 bits per heavy atom. The third-order valence-electron chi connectivity index (χ3n) is 1.26. The number of carbonyl (C=O) groups excluding carboxylic acids is 1. The second kappa shape index (κ2) is 2.13. The second-order valence-corrected chi connectivity index (χ2v) is 2.52. The molecular formula is C5H6BrFO. The van der Waals surface area contributed by atoms with E-state index in [0.717, 1.165) is 0 Å². The van der Waals surface area contributed by atoms with Crippen molar-refractivity contribution < 1.29 is 9.18 Å². The summed E-state index contributed by atoms with van der Waals surface area (Å²) < 4.78 is 12.0. The third-order valence-corrected chi connectivity index (χ3v) is 1.81. The lowest BCUT2D eigenvalue weighted by atomic mass is 10.3. The van der Waals surface area contributed by atoms with Gasteiger partial charge in [-0.1, -0.05) is 15.9 Å². The SMILES string of the molecule is O=C(CBr)[C@H]1C[C@@H]1F. The Morgan fingerprint density at radius 2 is 2.38 bits per heavy atom. The van der Waals surface area contributed by atoms with Crippen LogP contribution in [0.3, 0.4) is 0 Å². The monoisotopic (exact) mass is 180 g/mol. The Balaban J connectivity index is 2.28. The van der Waals surface area contributed by atoms with Crippen molar-refractivity contribution in [3.63, 3.8) is 0 Å². The van der Waals surface area contributed by atoms with Crippen molar-refractivity contribution in [2.24, 2.45) is 5.92 Å². The quantitative estimate of drug-likeness (QED) is 0.587. The number of Topliss-reactive ketones (excluding diaryl/α,β-unsaturated/α-hetero) is 1.